The van der Waals surface area contributed by atoms with Gasteiger partial charge >= 0.3 is 0 Å². The second-order valence-electron chi connectivity index (χ2n) is 4.70. The summed E-state index contributed by atoms with van der Waals surface area (Å²) in [5, 5.41) is 8.96. The van der Waals surface area contributed by atoms with Crippen LogP contribution < -0.4 is 0 Å². The maximum absolute atomic E-state index is 8.96. The number of rotatable bonds is 0. The van der Waals surface area contributed by atoms with Crippen LogP contribution in [0.25, 0.3) is 12.2 Å². The number of pyridine rings is 1. The molecule has 1 aliphatic carbocycles. The van der Waals surface area contributed by atoms with Gasteiger partial charge in [0.2, 0.25) is 0 Å². The molecule has 0 radical (unpaired) electrons. The number of aromatic nitrogens is 1. The highest BCUT2D eigenvalue weighted by Gasteiger charge is 2.15. The molecule has 2 rings (SSSR count). The molecular weight excluding hydrogens is 196 g/mol. The number of allylic oxidation sites excluding steroid dienone is 2. The largest absolute Gasteiger partial charge is 0.255 e. The van der Waals surface area contributed by atoms with Crippen molar-refractivity contribution in [3.05, 3.63) is 40.7 Å². The monoisotopic (exact) mass is 210 g/mol. The Morgan fingerprint density at radius 3 is 2.62 bits per heavy atom. The van der Waals surface area contributed by atoms with Crippen LogP contribution in [0.3, 0.4) is 0 Å². The lowest BCUT2D eigenvalue weighted by Gasteiger charge is -2.12. The zero-order chi connectivity index (χ0) is 11.8. The van der Waals surface area contributed by atoms with Crippen molar-refractivity contribution in [2.45, 2.75) is 20.8 Å². The van der Waals surface area contributed by atoms with Crippen LogP contribution in [-0.4, -0.2) is 4.98 Å². The fraction of sp³-hybridized carbons (Fsp3) is 0.286. The van der Waals surface area contributed by atoms with Crippen LogP contribution in [0.4, 0.5) is 0 Å². The molecule has 1 aromatic heterocycles. The molecule has 0 fully saturated rings. The fourth-order valence-corrected chi connectivity index (χ4v) is 1.74. The molecule has 0 saturated carbocycles. The van der Waals surface area contributed by atoms with Gasteiger partial charge in [-0.25, -0.2) is 0 Å². The highest BCUT2D eigenvalue weighted by molar-refractivity contribution is 5.70. The highest BCUT2D eigenvalue weighted by atomic mass is 14.7. The van der Waals surface area contributed by atoms with Gasteiger partial charge in [-0.3, -0.25) is 4.98 Å². The molecule has 0 amide bonds. The summed E-state index contributed by atoms with van der Waals surface area (Å²) in [6.07, 6.45) is 10.0. The van der Waals surface area contributed by atoms with Gasteiger partial charge in [0.1, 0.15) is 6.07 Å². The van der Waals surface area contributed by atoms with Crippen LogP contribution in [0.1, 0.15) is 36.2 Å². The molecule has 0 unspecified atom stereocenters. The Labute approximate surface area is 95.9 Å². The van der Waals surface area contributed by atoms with Gasteiger partial charge in [0.15, 0.2) is 0 Å². The van der Waals surface area contributed by atoms with E-state index in [4.69, 9.17) is 5.26 Å². The first kappa shape index (κ1) is 10.6. The number of hydrogen-bond donors (Lipinski definition) is 0. The number of hydrogen-bond acceptors (Lipinski definition) is 2. The van der Waals surface area contributed by atoms with Crippen LogP contribution in [0.15, 0.2) is 18.3 Å². The van der Waals surface area contributed by atoms with Gasteiger partial charge in [-0.2, -0.15) is 5.26 Å². The average molecular weight is 210 g/mol. The Kier molecular flexibility index (Phi) is 2.40. The topological polar surface area (TPSA) is 36.7 Å². The number of nitriles is 1. The summed E-state index contributed by atoms with van der Waals surface area (Å²) in [6.45, 7) is 6.26. The van der Waals surface area contributed by atoms with E-state index in [9.17, 15) is 0 Å². The van der Waals surface area contributed by atoms with Gasteiger partial charge in [0, 0.05) is 17.2 Å². The minimum Gasteiger partial charge on any atom is -0.255 e. The van der Waals surface area contributed by atoms with Crippen molar-refractivity contribution >= 4 is 12.2 Å². The quantitative estimate of drug-likeness (QED) is 0.658. The Morgan fingerprint density at radius 2 is 1.94 bits per heavy atom. The molecule has 0 atom stereocenters. The van der Waals surface area contributed by atoms with Crippen molar-refractivity contribution in [2.24, 2.45) is 5.41 Å². The van der Waals surface area contributed by atoms with E-state index < -0.39 is 0 Å². The minimum atomic E-state index is 0.0416. The normalized spacial score (nSPS) is 16.4. The average Bonchev–Trinajstić information content (AvgIpc) is 2.39. The molecule has 0 saturated heterocycles. The van der Waals surface area contributed by atoms with Gasteiger partial charge in [-0.05, 0) is 18.6 Å². The zero-order valence-electron chi connectivity index (χ0n) is 9.78. The van der Waals surface area contributed by atoms with Crippen LogP contribution in [0, 0.1) is 23.7 Å². The van der Waals surface area contributed by atoms with Crippen LogP contribution in [0.5, 0.6) is 0 Å². The summed E-state index contributed by atoms with van der Waals surface area (Å²) in [7, 11) is 0. The van der Waals surface area contributed by atoms with E-state index in [0.29, 0.717) is 5.56 Å². The lowest BCUT2D eigenvalue weighted by atomic mass is 9.93. The summed E-state index contributed by atoms with van der Waals surface area (Å²) >= 11 is 0. The summed E-state index contributed by atoms with van der Waals surface area (Å²) in [4.78, 5) is 4.32. The summed E-state index contributed by atoms with van der Waals surface area (Å²) < 4.78 is 0. The van der Waals surface area contributed by atoms with Crippen LogP contribution in [-0.2, 0) is 0 Å². The van der Waals surface area contributed by atoms with E-state index >= 15 is 0 Å². The maximum Gasteiger partial charge on any atom is 0.101 e. The maximum atomic E-state index is 8.96. The molecule has 0 spiro atoms. The summed E-state index contributed by atoms with van der Waals surface area (Å²) in [6, 6.07) is 2.17. The third kappa shape index (κ3) is 1.77. The van der Waals surface area contributed by atoms with E-state index in [-0.39, 0.29) is 5.41 Å². The molecule has 2 heteroatoms. The molecule has 0 N–H and O–H groups in total. The Hall–Kier alpha value is -1.88. The summed E-state index contributed by atoms with van der Waals surface area (Å²) in [5.74, 6) is 0. The van der Waals surface area contributed by atoms with Crippen molar-refractivity contribution in [3.63, 3.8) is 0 Å². The smallest absolute Gasteiger partial charge is 0.101 e. The van der Waals surface area contributed by atoms with E-state index in [2.05, 4.69) is 43.1 Å². The molecule has 0 bridgehead atoms. The fourth-order valence-electron chi connectivity index (χ4n) is 1.74. The molecule has 1 aromatic rings. The van der Waals surface area contributed by atoms with Gasteiger partial charge in [0.05, 0.1) is 11.3 Å². The molecule has 2 nitrogen and oxygen atoms in total. The predicted molar refractivity (Wildman–Crippen MR) is 65.5 cm³/mol. The standard InChI is InChI=1S/C14H14N2/c1-10-11(8-15)9-16-13-5-7-14(2,3)6-4-12(10)13/h4-7,9H,1-3H3. The Morgan fingerprint density at radius 1 is 1.25 bits per heavy atom. The molecule has 0 aliphatic heterocycles. The van der Waals surface area contributed by atoms with Gasteiger partial charge in [-0.15, -0.1) is 0 Å². The van der Waals surface area contributed by atoms with E-state index in [1.54, 1.807) is 6.20 Å². The molecular formula is C14H14N2. The third-order valence-corrected chi connectivity index (χ3v) is 2.89. The second-order valence-corrected chi connectivity index (χ2v) is 4.70. The van der Waals surface area contributed by atoms with Gasteiger partial charge in [0.25, 0.3) is 0 Å². The Balaban J connectivity index is 2.65. The molecule has 80 valence electrons. The SMILES string of the molecule is Cc1c(C#N)cnc2c1C=CC(C)(C)C=C2. The molecule has 1 heterocycles. The Bertz CT molecular complexity index is 528. The first-order valence-electron chi connectivity index (χ1n) is 5.32. The predicted octanol–water partition coefficient (Wildman–Crippen LogP) is 3.33. The van der Waals surface area contributed by atoms with Crippen molar-refractivity contribution in [2.75, 3.05) is 0 Å². The lowest BCUT2D eigenvalue weighted by molar-refractivity contribution is 0.633. The van der Waals surface area contributed by atoms with Crippen molar-refractivity contribution in [1.29, 1.82) is 5.26 Å². The number of nitrogens with zero attached hydrogens (tertiary/aromatic N) is 2. The van der Waals surface area contributed by atoms with E-state index in [1.807, 2.05) is 13.0 Å². The van der Waals surface area contributed by atoms with E-state index in [1.165, 1.54) is 0 Å². The van der Waals surface area contributed by atoms with Crippen molar-refractivity contribution in [3.8, 4) is 6.07 Å². The highest BCUT2D eigenvalue weighted by Crippen LogP contribution is 2.28. The van der Waals surface area contributed by atoms with E-state index in [0.717, 1.165) is 16.8 Å². The van der Waals surface area contributed by atoms with Crippen LogP contribution in [0.2, 0.25) is 0 Å². The van der Waals surface area contributed by atoms with Crippen molar-refractivity contribution in [1.82, 2.24) is 4.98 Å². The minimum absolute atomic E-state index is 0.0416. The van der Waals surface area contributed by atoms with Gasteiger partial charge < -0.3 is 0 Å². The van der Waals surface area contributed by atoms with Gasteiger partial charge in [-0.1, -0.05) is 32.1 Å². The molecule has 16 heavy (non-hydrogen) atoms. The molecule has 1 aliphatic rings. The summed E-state index contributed by atoms with van der Waals surface area (Å²) in [5.41, 5.74) is 3.70. The third-order valence-electron chi connectivity index (χ3n) is 2.89. The second kappa shape index (κ2) is 3.61. The van der Waals surface area contributed by atoms with Crippen LogP contribution >= 0.6 is 0 Å². The lowest BCUT2D eigenvalue weighted by Crippen LogP contribution is -2.00. The number of fused-ring (bicyclic) bond motifs is 1. The first-order valence-corrected chi connectivity index (χ1v) is 5.32. The zero-order valence-corrected chi connectivity index (χ0v) is 9.78. The first-order chi connectivity index (χ1) is 7.53. The molecule has 0 aromatic carbocycles. The van der Waals surface area contributed by atoms with Crippen molar-refractivity contribution < 1.29 is 0 Å².